The molecule has 6 nitrogen and oxygen atoms in total. The minimum atomic E-state index is -0.415. The lowest BCUT2D eigenvalue weighted by Gasteiger charge is -2.07. The van der Waals surface area contributed by atoms with E-state index >= 15 is 0 Å². The van der Waals surface area contributed by atoms with E-state index < -0.39 is 5.91 Å². The van der Waals surface area contributed by atoms with Crippen LogP contribution < -0.4 is 15.0 Å². The molecule has 3 rings (SSSR count). The number of halogens is 2. The van der Waals surface area contributed by atoms with Gasteiger partial charge in [-0.15, -0.1) is 0 Å². The van der Waals surface area contributed by atoms with E-state index in [0.717, 1.165) is 26.9 Å². The average Bonchev–Trinajstić information content (AvgIpc) is 2.96. The second-order valence-electron chi connectivity index (χ2n) is 6.08. The molecule has 0 aliphatic rings. The summed E-state index contributed by atoms with van der Waals surface area (Å²) in [5.74, 6) is 0.222. The Morgan fingerprint density at radius 3 is 2.72 bits per heavy atom. The number of para-hydroxylation sites is 1. The highest BCUT2D eigenvalue weighted by Crippen LogP contribution is 2.19. The maximum atomic E-state index is 12.2. The van der Waals surface area contributed by atoms with E-state index in [2.05, 4.69) is 26.5 Å². The number of benzene rings is 2. The molecule has 1 N–H and O–H groups in total. The highest BCUT2D eigenvalue weighted by Gasteiger charge is 2.12. The Labute approximate surface area is 184 Å². The topological polar surface area (TPSA) is 72.7 Å². The maximum Gasteiger partial charge on any atom is 0.309 e. The maximum absolute atomic E-state index is 12.2. The molecule has 0 unspecified atom stereocenters. The van der Waals surface area contributed by atoms with Crippen molar-refractivity contribution in [3.8, 4) is 5.75 Å². The fourth-order valence-corrected chi connectivity index (χ4v) is 3.82. The number of nitrogens with zero attached hydrogens (tertiary/aromatic N) is 2. The van der Waals surface area contributed by atoms with E-state index in [-0.39, 0.29) is 16.6 Å². The zero-order chi connectivity index (χ0) is 20.8. The quantitative estimate of drug-likeness (QED) is 0.395. The number of carbonyl (C=O) groups is 1. The van der Waals surface area contributed by atoms with Crippen molar-refractivity contribution in [2.75, 3.05) is 6.61 Å². The summed E-state index contributed by atoms with van der Waals surface area (Å²) in [5, 5.41) is 4.15. The summed E-state index contributed by atoms with van der Waals surface area (Å²) >= 11 is 10.7. The first-order chi connectivity index (χ1) is 13.9. The Hall–Kier alpha value is -2.42. The molecule has 3 aromatic rings. The summed E-state index contributed by atoms with van der Waals surface area (Å²) in [7, 11) is 0. The minimum absolute atomic E-state index is 0.170. The van der Waals surface area contributed by atoms with Crippen molar-refractivity contribution in [3.05, 3.63) is 83.8 Å². The van der Waals surface area contributed by atoms with Gasteiger partial charge in [-0.05, 0) is 36.2 Å². The number of nitrogens with one attached hydrogen (secondary N) is 1. The number of aryl methyl sites for hydroxylation is 1. The van der Waals surface area contributed by atoms with E-state index in [1.807, 2.05) is 49.4 Å². The number of amides is 1. The Bertz CT molecular complexity index is 1090. The Balaban J connectivity index is 1.59. The van der Waals surface area contributed by atoms with E-state index in [1.165, 1.54) is 10.8 Å². The number of ether oxygens (including phenoxy) is 1. The second kappa shape index (κ2) is 9.87. The van der Waals surface area contributed by atoms with E-state index in [1.54, 1.807) is 6.07 Å². The summed E-state index contributed by atoms with van der Waals surface area (Å²) in [6.07, 6.45) is 1.36. The lowest BCUT2D eigenvalue weighted by Crippen LogP contribution is -2.24. The Morgan fingerprint density at radius 1 is 1.28 bits per heavy atom. The summed E-state index contributed by atoms with van der Waals surface area (Å²) in [5.41, 5.74) is 4.25. The van der Waals surface area contributed by atoms with Crippen molar-refractivity contribution in [2.45, 2.75) is 13.5 Å². The third-order valence-corrected chi connectivity index (χ3v) is 5.90. The standard InChI is InChI=1S/C20H17BrClN3O3S/c1-13-4-2-3-5-16(13)28-12-18(26)24-23-10-17-19(22)25(20(27)29-17)11-14-6-8-15(21)9-7-14/h2-10H,11-12H2,1H3,(H,24,26)/b23-10-. The van der Waals surface area contributed by atoms with Crippen molar-refractivity contribution < 1.29 is 9.53 Å². The Kier molecular flexibility index (Phi) is 7.24. The number of hydrazone groups is 1. The highest BCUT2D eigenvalue weighted by molar-refractivity contribution is 9.10. The number of aromatic nitrogens is 1. The lowest BCUT2D eigenvalue weighted by molar-refractivity contribution is -0.123. The molecule has 0 saturated heterocycles. The molecule has 29 heavy (non-hydrogen) atoms. The zero-order valence-corrected chi connectivity index (χ0v) is 18.6. The second-order valence-corrected chi connectivity index (χ2v) is 8.35. The normalized spacial score (nSPS) is 11.0. The highest BCUT2D eigenvalue weighted by atomic mass is 79.9. The van der Waals surface area contributed by atoms with Crippen LogP contribution in [0.25, 0.3) is 0 Å². The first-order valence-corrected chi connectivity index (χ1v) is 10.6. The van der Waals surface area contributed by atoms with Crippen molar-refractivity contribution >= 4 is 51.0 Å². The van der Waals surface area contributed by atoms with Gasteiger partial charge in [-0.25, -0.2) is 5.43 Å². The number of hydrogen-bond acceptors (Lipinski definition) is 5. The van der Waals surface area contributed by atoms with Gasteiger partial charge in [0.2, 0.25) is 0 Å². The summed E-state index contributed by atoms with van der Waals surface area (Å²) in [6.45, 7) is 2.08. The summed E-state index contributed by atoms with van der Waals surface area (Å²) in [6, 6.07) is 15.0. The average molecular weight is 495 g/mol. The smallest absolute Gasteiger partial charge is 0.309 e. The molecule has 1 amide bonds. The van der Waals surface area contributed by atoms with Gasteiger partial charge in [-0.2, -0.15) is 5.10 Å². The molecule has 1 heterocycles. The number of hydrogen-bond donors (Lipinski definition) is 1. The van der Waals surface area contributed by atoms with Crippen LogP contribution in [0.15, 0.2) is 62.9 Å². The van der Waals surface area contributed by atoms with Gasteiger partial charge < -0.3 is 4.74 Å². The van der Waals surface area contributed by atoms with Gasteiger partial charge in [0, 0.05) is 4.47 Å². The van der Waals surface area contributed by atoms with E-state index in [4.69, 9.17) is 16.3 Å². The van der Waals surface area contributed by atoms with E-state index in [0.29, 0.717) is 17.2 Å². The molecule has 2 aromatic carbocycles. The van der Waals surface area contributed by atoms with Crippen LogP contribution in [0.1, 0.15) is 16.0 Å². The third-order valence-electron chi connectivity index (χ3n) is 3.94. The molecular weight excluding hydrogens is 478 g/mol. The van der Waals surface area contributed by atoms with Gasteiger partial charge in [-0.3, -0.25) is 14.2 Å². The van der Waals surface area contributed by atoms with Crippen LogP contribution in [-0.2, 0) is 11.3 Å². The molecule has 9 heteroatoms. The van der Waals surface area contributed by atoms with Crippen LogP contribution in [-0.4, -0.2) is 23.3 Å². The number of rotatable bonds is 7. The van der Waals surface area contributed by atoms with Crippen LogP contribution in [0, 0.1) is 6.92 Å². The first-order valence-electron chi connectivity index (χ1n) is 8.58. The van der Waals surface area contributed by atoms with Crippen LogP contribution >= 0.6 is 38.9 Å². The van der Waals surface area contributed by atoms with Crippen molar-refractivity contribution in [1.29, 1.82) is 0 Å². The predicted molar refractivity (Wildman–Crippen MR) is 119 cm³/mol. The van der Waals surface area contributed by atoms with Gasteiger partial charge in [0.05, 0.1) is 17.6 Å². The number of thiazole rings is 1. The molecule has 1 aromatic heterocycles. The summed E-state index contributed by atoms with van der Waals surface area (Å²) < 4.78 is 7.87. The molecule has 0 aliphatic heterocycles. The largest absolute Gasteiger partial charge is 0.483 e. The summed E-state index contributed by atoms with van der Waals surface area (Å²) in [4.78, 5) is 24.4. The van der Waals surface area contributed by atoms with Gasteiger partial charge in [-0.1, -0.05) is 69.2 Å². The molecule has 0 bridgehead atoms. The van der Waals surface area contributed by atoms with Crippen molar-refractivity contribution in [2.24, 2.45) is 5.10 Å². The molecular formula is C20H17BrClN3O3S. The monoisotopic (exact) mass is 493 g/mol. The molecule has 0 saturated carbocycles. The van der Waals surface area contributed by atoms with Gasteiger partial charge in [0.25, 0.3) is 5.91 Å². The molecule has 150 valence electrons. The fraction of sp³-hybridized carbons (Fsp3) is 0.150. The Morgan fingerprint density at radius 2 is 2.00 bits per heavy atom. The van der Waals surface area contributed by atoms with E-state index in [9.17, 15) is 9.59 Å². The molecule has 0 fully saturated rings. The molecule has 0 aliphatic carbocycles. The molecule has 0 radical (unpaired) electrons. The van der Waals surface area contributed by atoms with Crippen molar-refractivity contribution in [3.63, 3.8) is 0 Å². The fourth-order valence-electron chi connectivity index (χ4n) is 2.45. The third kappa shape index (κ3) is 5.79. The number of carbonyl (C=O) groups excluding carboxylic acids is 1. The van der Waals surface area contributed by atoms with Crippen molar-refractivity contribution in [1.82, 2.24) is 9.99 Å². The lowest BCUT2D eigenvalue weighted by atomic mass is 10.2. The van der Waals surface area contributed by atoms with Gasteiger partial charge >= 0.3 is 4.87 Å². The predicted octanol–water partition coefficient (Wildman–Crippen LogP) is 4.21. The zero-order valence-electron chi connectivity index (χ0n) is 15.4. The first kappa shape index (κ1) is 21.3. The van der Waals surface area contributed by atoms with Crippen LogP contribution in [0.5, 0.6) is 5.75 Å². The molecule has 0 spiro atoms. The SMILES string of the molecule is Cc1ccccc1OCC(=O)N/N=C\c1sc(=O)n(Cc2ccc(Br)cc2)c1Cl. The minimum Gasteiger partial charge on any atom is -0.483 e. The van der Waals surface area contributed by atoms with Gasteiger partial charge in [0.15, 0.2) is 6.61 Å². The van der Waals surface area contributed by atoms with Gasteiger partial charge in [0.1, 0.15) is 10.9 Å². The van der Waals surface area contributed by atoms with Crippen LogP contribution in [0.3, 0.4) is 0 Å². The van der Waals surface area contributed by atoms with Crippen LogP contribution in [0.4, 0.5) is 0 Å². The molecule has 0 atom stereocenters. The van der Waals surface area contributed by atoms with Crippen LogP contribution in [0.2, 0.25) is 5.15 Å².